The molecule has 0 saturated heterocycles. The monoisotopic (exact) mass is 286 g/mol. The molecule has 0 aliphatic carbocycles. The number of benzene rings is 1. The van der Waals surface area contributed by atoms with E-state index in [4.69, 9.17) is 10.1 Å². The van der Waals surface area contributed by atoms with Crippen LogP contribution in [-0.2, 0) is 9.63 Å². The van der Waals surface area contributed by atoms with Crippen LogP contribution in [0.15, 0.2) is 24.3 Å². The fraction of sp³-hybridized carbons (Fsp3) is 0.333. The molecule has 1 aromatic rings. The van der Waals surface area contributed by atoms with Gasteiger partial charge in [0.2, 0.25) is 0 Å². The molecule has 1 aliphatic heterocycles. The number of fused-ring (bicyclic) bond motifs is 1. The van der Waals surface area contributed by atoms with Crippen LogP contribution in [-0.4, -0.2) is 22.8 Å². The number of carbonyl (C=O) groups excluding carboxylic acids is 3. The van der Waals surface area contributed by atoms with Gasteiger partial charge in [-0.1, -0.05) is 23.6 Å². The fourth-order valence-corrected chi connectivity index (χ4v) is 2.05. The SMILES string of the molecule is N#CCCCCCC(=O)ON1C(=O)c2ccccc2C1=O. The molecule has 0 aromatic heterocycles. The van der Waals surface area contributed by atoms with Crippen LogP contribution in [0.5, 0.6) is 0 Å². The molecule has 2 amide bonds. The van der Waals surface area contributed by atoms with Crippen molar-refractivity contribution in [2.45, 2.75) is 32.1 Å². The summed E-state index contributed by atoms with van der Waals surface area (Å²) in [5, 5.41) is 8.90. The van der Waals surface area contributed by atoms with Crippen LogP contribution in [0.1, 0.15) is 52.8 Å². The van der Waals surface area contributed by atoms with Crippen molar-refractivity contribution in [2.75, 3.05) is 0 Å². The average molecular weight is 286 g/mol. The Hall–Kier alpha value is -2.68. The third-order valence-electron chi connectivity index (χ3n) is 3.12. The first-order chi connectivity index (χ1) is 10.1. The molecular weight excluding hydrogens is 272 g/mol. The second-order valence-corrected chi connectivity index (χ2v) is 4.63. The molecule has 1 aliphatic rings. The maximum atomic E-state index is 11.9. The Labute approximate surface area is 121 Å². The molecule has 108 valence electrons. The van der Waals surface area contributed by atoms with E-state index in [0.717, 1.165) is 12.8 Å². The van der Waals surface area contributed by atoms with Gasteiger partial charge in [0.25, 0.3) is 11.8 Å². The van der Waals surface area contributed by atoms with Gasteiger partial charge >= 0.3 is 5.97 Å². The second-order valence-electron chi connectivity index (χ2n) is 4.63. The second kappa shape index (κ2) is 6.66. The molecule has 21 heavy (non-hydrogen) atoms. The van der Waals surface area contributed by atoms with Crippen LogP contribution in [0.2, 0.25) is 0 Å². The summed E-state index contributed by atoms with van der Waals surface area (Å²) in [6.45, 7) is 0. The van der Waals surface area contributed by atoms with E-state index < -0.39 is 17.8 Å². The molecule has 0 bridgehead atoms. The number of rotatable bonds is 6. The van der Waals surface area contributed by atoms with Crippen molar-refractivity contribution in [1.82, 2.24) is 5.06 Å². The van der Waals surface area contributed by atoms with Crippen molar-refractivity contribution in [1.29, 1.82) is 5.26 Å². The third kappa shape index (κ3) is 3.26. The number of nitriles is 1. The highest BCUT2D eigenvalue weighted by atomic mass is 16.7. The summed E-state index contributed by atoms with van der Waals surface area (Å²) in [5.41, 5.74) is 0.480. The zero-order chi connectivity index (χ0) is 15.2. The molecule has 0 atom stereocenters. The lowest BCUT2D eigenvalue weighted by Gasteiger charge is -2.12. The van der Waals surface area contributed by atoms with Crippen molar-refractivity contribution in [2.24, 2.45) is 0 Å². The first kappa shape index (κ1) is 14.7. The molecule has 2 rings (SSSR count). The Kier molecular flexibility index (Phi) is 4.67. The topological polar surface area (TPSA) is 87.5 Å². The summed E-state index contributed by atoms with van der Waals surface area (Å²) < 4.78 is 0. The van der Waals surface area contributed by atoms with Crippen LogP contribution in [0.25, 0.3) is 0 Å². The zero-order valence-electron chi connectivity index (χ0n) is 11.4. The number of hydrogen-bond donors (Lipinski definition) is 0. The van der Waals surface area contributed by atoms with Crippen LogP contribution in [0.4, 0.5) is 0 Å². The van der Waals surface area contributed by atoms with Crippen molar-refractivity contribution < 1.29 is 19.2 Å². The Balaban J connectivity index is 1.87. The predicted molar refractivity (Wildman–Crippen MR) is 71.7 cm³/mol. The van der Waals surface area contributed by atoms with Gasteiger partial charge in [-0.2, -0.15) is 5.26 Å². The highest BCUT2D eigenvalue weighted by molar-refractivity contribution is 6.20. The highest BCUT2D eigenvalue weighted by Gasteiger charge is 2.38. The fourth-order valence-electron chi connectivity index (χ4n) is 2.05. The minimum Gasteiger partial charge on any atom is -0.330 e. The van der Waals surface area contributed by atoms with Gasteiger partial charge in [-0.25, -0.2) is 4.79 Å². The van der Waals surface area contributed by atoms with Gasteiger partial charge in [-0.15, -0.1) is 0 Å². The molecule has 0 N–H and O–H groups in total. The Bertz CT molecular complexity index is 583. The number of carbonyl (C=O) groups is 3. The Morgan fingerprint density at radius 2 is 1.71 bits per heavy atom. The Morgan fingerprint density at radius 1 is 1.10 bits per heavy atom. The van der Waals surface area contributed by atoms with Crippen LogP contribution < -0.4 is 0 Å². The van der Waals surface area contributed by atoms with E-state index in [1.807, 2.05) is 6.07 Å². The highest BCUT2D eigenvalue weighted by Crippen LogP contribution is 2.23. The number of unbranched alkanes of at least 4 members (excludes halogenated alkanes) is 3. The zero-order valence-corrected chi connectivity index (χ0v) is 11.4. The molecule has 1 aromatic carbocycles. The van der Waals surface area contributed by atoms with E-state index in [9.17, 15) is 14.4 Å². The lowest BCUT2D eigenvalue weighted by atomic mass is 10.1. The van der Waals surface area contributed by atoms with Crippen LogP contribution >= 0.6 is 0 Å². The summed E-state index contributed by atoms with van der Waals surface area (Å²) in [5.74, 6) is -1.86. The summed E-state index contributed by atoms with van der Waals surface area (Å²) in [7, 11) is 0. The summed E-state index contributed by atoms with van der Waals surface area (Å²) in [6.07, 6.45) is 2.57. The molecule has 1 heterocycles. The van der Waals surface area contributed by atoms with Crippen molar-refractivity contribution >= 4 is 17.8 Å². The molecule has 0 radical (unpaired) electrons. The number of imide groups is 1. The quantitative estimate of drug-likeness (QED) is 0.591. The maximum absolute atomic E-state index is 11.9. The van der Waals surface area contributed by atoms with E-state index in [0.29, 0.717) is 17.9 Å². The Morgan fingerprint density at radius 3 is 2.29 bits per heavy atom. The summed E-state index contributed by atoms with van der Waals surface area (Å²) >= 11 is 0. The molecule has 0 unspecified atom stereocenters. The van der Waals surface area contributed by atoms with E-state index in [2.05, 4.69) is 0 Å². The van der Waals surface area contributed by atoms with Gasteiger partial charge in [0.05, 0.1) is 17.2 Å². The van der Waals surface area contributed by atoms with Crippen molar-refractivity contribution in [3.8, 4) is 6.07 Å². The number of hydrogen-bond acceptors (Lipinski definition) is 5. The minimum atomic E-state index is -0.624. The molecule has 6 heteroatoms. The number of nitrogens with zero attached hydrogens (tertiary/aromatic N) is 2. The minimum absolute atomic E-state index is 0.110. The summed E-state index contributed by atoms with van der Waals surface area (Å²) in [6, 6.07) is 8.35. The molecule has 0 fully saturated rings. The van der Waals surface area contributed by atoms with E-state index in [-0.39, 0.29) is 17.5 Å². The van der Waals surface area contributed by atoms with Gasteiger partial charge in [0.15, 0.2) is 0 Å². The normalized spacial score (nSPS) is 13.0. The van der Waals surface area contributed by atoms with Crippen LogP contribution in [0, 0.1) is 11.3 Å². The molecular formula is C15H14N2O4. The van der Waals surface area contributed by atoms with E-state index in [1.165, 1.54) is 12.1 Å². The van der Waals surface area contributed by atoms with E-state index in [1.54, 1.807) is 12.1 Å². The van der Waals surface area contributed by atoms with Crippen LogP contribution in [0.3, 0.4) is 0 Å². The van der Waals surface area contributed by atoms with Crippen molar-refractivity contribution in [3.63, 3.8) is 0 Å². The van der Waals surface area contributed by atoms with Gasteiger partial charge in [0.1, 0.15) is 0 Å². The van der Waals surface area contributed by atoms with E-state index >= 15 is 0 Å². The smallest absolute Gasteiger partial charge is 0.330 e. The molecule has 0 spiro atoms. The lowest BCUT2D eigenvalue weighted by molar-refractivity contribution is -0.168. The standard InChI is InChI=1S/C15H14N2O4/c16-10-6-2-1-3-9-13(18)21-17-14(19)11-7-4-5-8-12(11)15(17)20/h4-5,7-8H,1-3,6,9H2. The largest absolute Gasteiger partial charge is 0.333 e. The predicted octanol–water partition coefficient (Wildman–Crippen LogP) is 2.21. The third-order valence-corrected chi connectivity index (χ3v) is 3.12. The summed E-state index contributed by atoms with van der Waals surface area (Å²) in [4.78, 5) is 40.4. The first-order valence-corrected chi connectivity index (χ1v) is 6.70. The molecule has 6 nitrogen and oxygen atoms in total. The van der Waals surface area contributed by atoms with Crippen molar-refractivity contribution in [3.05, 3.63) is 35.4 Å². The number of amides is 2. The lowest BCUT2D eigenvalue weighted by Crippen LogP contribution is -2.32. The number of hydroxylamine groups is 2. The van der Waals surface area contributed by atoms with Gasteiger partial charge in [-0.3, -0.25) is 9.59 Å². The van der Waals surface area contributed by atoms with Gasteiger partial charge in [0, 0.05) is 12.8 Å². The van der Waals surface area contributed by atoms with Gasteiger partial charge in [-0.05, 0) is 25.0 Å². The molecule has 0 saturated carbocycles. The first-order valence-electron chi connectivity index (χ1n) is 6.70. The van der Waals surface area contributed by atoms with Gasteiger partial charge < -0.3 is 4.84 Å². The maximum Gasteiger partial charge on any atom is 0.333 e. The average Bonchev–Trinajstić information content (AvgIpc) is 2.73.